The standard InChI is InChI=1S/C13H10O6/c14-7-4-8(15)6-9(5-7)19-13(18)10-2-1-3-11(16)12(10)17/h1-6,14-17H. The topological polar surface area (TPSA) is 107 Å². The van der Waals surface area contributed by atoms with Gasteiger partial charge in [-0.3, -0.25) is 0 Å². The van der Waals surface area contributed by atoms with Gasteiger partial charge in [-0.15, -0.1) is 0 Å². The summed E-state index contributed by atoms with van der Waals surface area (Å²) in [6.07, 6.45) is 0. The molecule has 6 nitrogen and oxygen atoms in total. The Kier molecular flexibility index (Phi) is 3.15. The summed E-state index contributed by atoms with van der Waals surface area (Å²) < 4.78 is 4.87. The van der Waals surface area contributed by atoms with Gasteiger partial charge in [0.15, 0.2) is 11.5 Å². The third kappa shape index (κ3) is 2.68. The van der Waals surface area contributed by atoms with Crippen LogP contribution in [-0.4, -0.2) is 26.4 Å². The van der Waals surface area contributed by atoms with Crippen molar-refractivity contribution in [3.63, 3.8) is 0 Å². The van der Waals surface area contributed by atoms with Crippen molar-refractivity contribution in [1.29, 1.82) is 0 Å². The highest BCUT2D eigenvalue weighted by Crippen LogP contribution is 2.30. The number of carbonyl (C=O) groups excluding carboxylic acids is 1. The highest BCUT2D eigenvalue weighted by molar-refractivity contribution is 5.94. The minimum Gasteiger partial charge on any atom is -0.508 e. The first-order valence-corrected chi connectivity index (χ1v) is 5.23. The molecule has 0 atom stereocenters. The van der Waals surface area contributed by atoms with Crippen LogP contribution in [-0.2, 0) is 0 Å². The number of phenolic OH excluding ortho intramolecular Hbond substituents is 4. The van der Waals surface area contributed by atoms with Crippen LogP contribution in [0.25, 0.3) is 0 Å². The van der Waals surface area contributed by atoms with Gasteiger partial charge in [-0.05, 0) is 12.1 Å². The van der Waals surface area contributed by atoms with Gasteiger partial charge < -0.3 is 25.2 Å². The maximum absolute atomic E-state index is 11.8. The summed E-state index contributed by atoms with van der Waals surface area (Å²) in [5.74, 6) is -2.63. The molecule has 2 aromatic rings. The van der Waals surface area contributed by atoms with E-state index in [0.29, 0.717) is 0 Å². The Morgan fingerprint density at radius 3 is 2.21 bits per heavy atom. The number of ether oxygens (including phenoxy) is 1. The zero-order valence-corrected chi connectivity index (χ0v) is 9.57. The zero-order valence-electron chi connectivity index (χ0n) is 9.57. The van der Waals surface area contributed by atoms with Crippen molar-refractivity contribution in [3.8, 4) is 28.7 Å². The molecule has 4 N–H and O–H groups in total. The van der Waals surface area contributed by atoms with Gasteiger partial charge in [0.1, 0.15) is 22.8 Å². The molecule has 0 aromatic heterocycles. The van der Waals surface area contributed by atoms with Crippen LogP contribution in [0.2, 0.25) is 0 Å². The quantitative estimate of drug-likeness (QED) is 0.373. The van der Waals surface area contributed by atoms with Crippen LogP contribution >= 0.6 is 0 Å². The molecule has 0 amide bonds. The number of esters is 1. The number of para-hydroxylation sites is 1. The maximum atomic E-state index is 11.8. The third-order valence-corrected chi connectivity index (χ3v) is 2.32. The minimum absolute atomic E-state index is 0.0924. The summed E-state index contributed by atoms with van der Waals surface area (Å²) >= 11 is 0. The number of carbonyl (C=O) groups is 1. The van der Waals surface area contributed by atoms with Gasteiger partial charge >= 0.3 is 5.97 Å². The summed E-state index contributed by atoms with van der Waals surface area (Å²) in [6.45, 7) is 0. The zero-order chi connectivity index (χ0) is 14.0. The lowest BCUT2D eigenvalue weighted by Crippen LogP contribution is -2.08. The first kappa shape index (κ1) is 12.6. The molecule has 0 aliphatic rings. The first-order chi connectivity index (χ1) is 8.97. The Morgan fingerprint density at radius 2 is 1.58 bits per heavy atom. The monoisotopic (exact) mass is 262 g/mol. The van der Waals surface area contributed by atoms with Crippen molar-refractivity contribution in [1.82, 2.24) is 0 Å². The Morgan fingerprint density at radius 1 is 0.947 bits per heavy atom. The van der Waals surface area contributed by atoms with E-state index in [0.717, 1.165) is 18.2 Å². The maximum Gasteiger partial charge on any atom is 0.347 e. The van der Waals surface area contributed by atoms with Gasteiger partial charge in [0.25, 0.3) is 0 Å². The van der Waals surface area contributed by atoms with Crippen molar-refractivity contribution < 1.29 is 30.0 Å². The molecule has 0 saturated carbocycles. The number of aromatic hydroxyl groups is 4. The van der Waals surface area contributed by atoms with E-state index >= 15 is 0 Å². The van der Waals surface area contributed by atoms with E-state index < -0.39 is 17.5 Å². The fourth-order valence-corrected chi connectivity index (χ4v) is 1.49. The van der Waals surface area contributed by atoms with E-state index in [-0.39, 0.29) is 22.8 Å². The molecule has 0 fully saturated rings. The molecule has 2 rings (SSSR count). The fourth-order valence-electron chi connectivity index (χ4n) is 1.49. The SMILES string of the molecule is O=C(Oc1cc(O)cc(O)c1)c1cccc(O)c1O. The highest BCUT2D eigenvalue weighted by atomic mass is 16.5. The van der Waals surface area contributed by atoms with Gasteiger partial charge in [-0.1, -0.05) is 6.07 Å². The molecule has 19 heavy (non-hydrogen) atoms. The minimum atomic E-state index is -0.932. The van der Waals surface area contributed by atoms with E-state index in [4.69, 9.17) is 4.74 Å². The predicted molar refractivity (Wildman–Crippen MR) is 64.5 cm³/mol. The van der Waals surface area contributed by atoms with Crippen LogP contribution in [0.1, 0.15) is 10.4 Å². The Balaban J connectivity index is 2.28. The molecular weight excluding hydrogens is 252 g/mol. The lowest BCUT2D eigenvalue weighted by Gasteiger charge is -2.07. The Labute approximate surface area is 107 Å². The summed E-state index contributed by atoms with van der Waals surface area (Å²) in [6, 6.07) is 7.16. The van der Waals surface area contributed by atoms with Crippen LogP contribution in [0.3, 0.4) is 0 Å². The predicted octanol–water partition coefficient (Wildman–Crippen LogP) is 1.73. The van der Waals surface area contributed by atoms with Gasteiger partial charge in [-0.25, -0.2) is 4.79 Å². The van der Waals surface area contributed by atoms with Crippen LogP contribution in [0.15, 0.2) is 36.4 Å². The molecule has 0 radical (unpaired) electrons. The van der Waals surface area contributed by atoms with Crippen LogP contribution in [0, 0.1) is 0 Å². The number of rotatable bonds is 2. The molecule has 0 bridgehead atoms. The molecular formula is C13H10O6. The van der Waals surface area contributed by atoms with E-state index in [9.17, 15) is 25.2 Å². The first-order valence-electron chi connectivity index (χ1n) is 5.23. The Hall–Kier alpha value is -2.89. The second kappa shape index (κ2) is 4.77. The lowest BCUT2D eigenvalue weighted by molar-refractivity contribution is 0.0730. The molecule has 2 aromatic carbocycles. The average molecular weight is 262 g/mol. The Bertz CT molecular complexity index is 615. The van der Waals surface area contributed by atoms with Crippen LogP contribution in [0.4, 0.5) is 0 Å². The third-order valence-electron chi connectivity index (χ3n) is 2.32. The number of hydrogen-bond donors (Lipinski definition) is 4. The number of phenols is 4. The summed E-state index contributed by atoms with van der Waals surface area (Å²) in [5, 5.41) is 37.2. The molecule has 0 aliphatic heterocycles. The number of hydrogen-bond acceptors (Lipinski definition) is 6. The van der Waals surface area contributed by atoms with Gasteiger partial charge in [-0.2, -0.15) is 0 Å². The molecule has 0 unspecified atom stereocenters. The van der Waals surface area contributed by atoms with Gasteiger partial charge in [0, 0.05) is 18.2 Å². The molecule has 0 saturated heterocycles. The summed E-state index contributed by atoms with van der Waals surface area (Å²) in [5.41, 5.74) is -0.233. The van der Waals surface area contributed by atoms with E-state index in [1.54, 1.807) is 0 Å². The largest absolute Gasteiger partial charge is 0.508 e. The van der Waals surface area contributed by atoms with Crippen molar-refractivity contribution in [2.75, 3.05) is 0 Å². The van der Waals surface area contributed by atoms with Crippen LogP contribution < -0.4 is 4.74 Å². The van der Waals surface area contributed by atoms with Crippen molar-refractivity contribution >= 4 is 5.97 Å². The molecule has 0 heterocycles. The molecule has 6 heteroatoms. The normalized spacial score (nSPS) is 10.1. The summed E-state index contributed by atoms with van der Waals surface area (Å²) in [4.78, 5) is 11.8. The highest BCUT2D eigenvalue weighted by Gasteiger charge is 2.16. The summed E-state index contributed by atoms with van der Waals surface area (Å²) in [7, 11) is 0. The smallest absolute Gasteiger partial charge is 0.347 e. The fraction of sp³-hybridized carbons (Fsp3) is 0. The van der Waals surface area contributed by atoms with E-state index in [1.807, 2.05) is 0 Å². The average Bonchev–Trinajstić information content (AvgIpc) is 2.31. The second-order valence-corrected chi connectivity index (χ2v) is 3.75. The molecule has 98 valence electrons. The lowest BCUT2D eigenvalue weighted by atomic mass is 10.2. The molecule has 0 spiro atoms. The van der Waals surface area contributed by atoms with E-state index in [2.05, 4.69) is 0 Å². The van der Waals surface area contributed by atoms with Gasteiger partial charge in [0.2, 0.25) is 0 Å². The molecule has 0 aliphatic carbocycles. The number of benzene rings is 2. The van der Waals surface area contributed by atoms with Gasteiger partial charge in [0.05, 0.1) is 0 Å². The van der Waals surface area contributed by atoms with E-state index in [1.165, 1.54) is 18.2 Å². The second-order valence-electron chi connectivity index (χ2n) is 3.75. The van der Waals surface area contributed by atoms with Crippen molar-refractivity contribution in [2.24, 2.45) is 0 Å². The van der Waals surface area contributed by atoms with Crippen molar-refractivity contribution in [3.05, 3.63) is 42.0 Å². The van der Waals surface area contributed by atoms with Crippen molar-refractivity contribution in [2.45, 2.75) is 0 Å². The van der Waals surface area contributed by atoms with Crippen LogP contribution in [0.5, 0.6) is 28.7 Å².